The molecule has 36 heavy (non-hydrogen) atoms. The molecule has 9 heteroatoms. The van der Waals surface area contributed by atoms with Gasteiger partial charge >= 0.3 is 0 Å². The van der Waals surface area contributed by atoms with Gasteiger partial charge in [-0.25, -0.2) is 0 Å². The quantitative estimate of drug-likeness (QED) is 0.419. The highest BCUT2D eigenvalue weighted by atomic mass is 35.5. The molecule has 0 unspecified atom stereocenters. The maximum atomic E-state index is 13.6. The van der Waals surface area contributed by atoms with E-state index in [4.69, 9.17) is 16.1 Å². The lowest BCUT2D eigenvalue weighted by molar-refractivity contribution is -0.142. The van der Waals surface area contributed by atoms with Crippen LogP contribution < -0.4 is 10.6 Å². The van der Waals surface area contributed by atoms with Crippen molar-refractivity contribution in [3.05, 3.63) is 82.6 Å². The van der Waals surface area contributed by atoms with Gasteiger partial charge in [-0.3, -0.25) is 14.4 Å². The van der Waals surface area contributed by atoms with Gasteiger partial charge in [0.15, 0.2) is 5.82 Å². The third-order valence-electron chi connectivity index (χ3n) is 5.24. The van der Waals surface area contributed by atoms with E-state index in [9.17, 15) is 14.4 Å². The number of carbonyl (C=O) groups is 3. The van der Waals surface area contributed by atoms with Crippen molar-refractivity contribution in [2.24, 2.45) is 0 Å². The van der Waals surface area contributed by atoms with Crippen molar-refractivity contribution in [3.63, 3.8) is 0 Å². The van der Waals surface area contributed by atoms with Crippen LogP contribution in [0.4, 0.5) is 5.82 Å². The number of nitrogens with one attached hydrogen (secondary N) is 2. The van der Waals surface area contributed by atoms with Crippen LogP contribution in [0, 0.1) is 6.92 Å². The van der Waals surface area contributed by atoms with Crippen molar-refractivity contribution in [2.45, 2.75) is 58.7 Å². The van der Waals surface area contributed by atoms with Crippen LogP contribution in [0.2, 0.25) is 5.02 Å². The highest BCUT2D eigenvalue weighted by Crippen LogP contribution is 2.30. The van der Waals surface area contributed by atoms with Gasteiger partial charge in [0.2, 0.25) is 17.7 Å². The first kappa shape index (κ1) is 26.9. The summed E-state index contributed by atoms with van der Waals surface area (Å²) in [5.41, 5.74) is 0.815. The Balaban J connectivity index is 1.90. The second kappa shape index (κ2) is 11.9. The molecule has 2 N–H and O–H groups in total. The Morgan fingerprint density at radius 2 is 1.69 bits per heavy atom. The van der Waals surface area contributed by atoms with Crippen LogP contribution in [0.15, 0.2) is 65.2 Å². The molecule has 3 aromatic rings. The Bertz CT molecular complexity index is 1200. The van der Waals surface area contributed by atoms with Gasteiger partial charge in [-0.2, -0.15) is 0 Å². The van der Waals surface area contributed by atoms with Crippen molar-refractivity contribution in [1.82, 2.24) is 15.4 Å². The minimum Gasteiger partial charge on any atom is -0.360 e. The third-order valence-corrected chi connectivity index (χ3v) is 5.58. The maximum absolute atomic E-state index is 13.6. The van der Waals surface area contributed by atoms with Crippen LogP contribution in [0.25, 0.3) is 0 Å². The van der Waals surface area contributed by atoms with Gasteiger partial charge in [-0.05, 0) is 39.3 Å². The molecule has 3 amide bonds. The zero-order valence-corrected chi connectivity index (χ0v) is 21.6. The van der Waals surface area contributed by atoms with Crippen LogP contribution in [0.1, 0.15) is 56.5 Å². The average molecular weight is 511 g/mol. The van der Waals surface area contributed by atoms with Crippen LogP contribution in [-0.4, -0.2) is 33.3 Å². The molecule has 1 atom stereocenters. The summed E-state index contributed by atoms with van der Waals surface area (Å²) < 4.78 is 4.96. The third kappa shape index (κ3) is 7.68. The molecule has 1 heterocycles. The fraction of sp³-hybridized carbons (Fsp3) is 0.333. The molecule has 0 fully saturated rings. The summed E-state index contributed by atoms with van der Waals surface area (Å²) in [6.45, 7) is 7.48. The molecule has 0 saturated heterocycles. The molecule has 0 aliphatic carbocycles. The maximum Gasteiger partial charge on any atom is 0.247 e. The zero-order chi connectivity index (χ0) is 26.3. The number of anilines is 1. The molecule has 0 bridgehead atoms. The Kier molecular flexibility index (Phi) is 8.88. The number of benzene rings is 2. The summed E-state index contributed by atoms with van der Waals surface area (Å²) in [4.78, 5) is 41.1. The van der Waals surface area contributed by atoms with Crippen LogP contribution in [0.3, 0.4) is 0 Å². The number of hydrogen-bond acceptors (Lipinski definition) is 5. The van der Waals surface area contributed by atoms with Gasteiger partial charge in [0.25, 0.3) is 0 Å². The lowest BCUT2D eigenvalue weighted by Crippen LogP contribution is -2.49. The number of rotatable bonds is 9. The first-order chi connectivity index (χ1) is 17.0. The van der Waals surface area contributed by atoms with E-state index in [-0.39, 0.29) is 42.9 Å². The Morgan fingerprint density at radius 3 is 2.31 bits per heavy atom. The molecule has 1 aromatic heterocycles. The number of aromatic nitrogens is 1. The average Bonchev–Trinajstić information content (AvgIpc) is 3.22. The normalized spacial score (nSPS) is 12.0. The molecule has 190 valence electrons. The summed E-state index contributed by atoms with van der Waals surface area (Å²) >= 11 is 6.51. The lowest BCUT2D eigenvalue weighted by atomic mass is 10.00. The van der Waals surface area contributed by atoms with Crippen molar-refractivity contribution in [1.29, 1.82) is 0 Å². The van der Waals surface area contributed by atoms with Crippen molar-refractivity contribution < 1.29 is 18.9 Å². The Labute approximate surface area is 216 Å². The number of nitrogens with zero attached hydrogens (tertiary/aromatic N) is 2. The summed E-state index contributed by atoms with van der Waals surface area (Å²) in [6, 6.07) is 16.9. The SMILES string of the molecule is Cc1cc(NC(=O)CCC(=O)N(Cc2ccccc2)[C@H](C(=O)NC(C)(C)C)c2ccccc2Cl)no1. The topological polar surface area (TPSA) is 105 Å². The fourth-order valence-electron chi connectivity index (χ4n) is 3.68. The monoisotopic (exact) mass is 510 g/mol. The number of carbonyl (C=O) groups excluding carboxylic acids is 3. The molecule has 0 radical (unpaired) electrons. The molecule has 0 spiro atoms. The highest BCUT2D eigenvalue weighted by molar-refractivity contribution is 6.31. The summed E-state index contributed by atoms with van der Waals surface area (Å²) in [5, 5.41) is 9.70. The molecule has 8 nitrogen and oxygen atoms in total. The minimum absolute atomic E-state index is 0.0911. The van der Waals surface area contributed by atoms with Gasteiger partial charge in [0, 0.05) is 41.6 Å². The zero-order valence-electron chi connectivity index (χ0n) is 20.9. The van der Waals surface area contributed by atoms with E-state index in [1.807, 2.05) is 51.1 Å². The van der Waals surface area contributed by atoms with Crippen molar-refractivity contribution >= 4 is 35.1 Å². The van der Waals surface area contributed by atoms with E-state index in [0.717, 1.165) is 5.56 Å². The molecular weight excluding hydrogens is 480 g/mol. The number of amides is 3. The predicted molar refractivity (Wildman–Crippen MR) is 138 cm³/mol. The van der Waals surface area contributed by atoms with E-state index in [2.05, 4.69) is 15.8 Å². The van der Waals surface area contributed by atoms with Gasteiger partial charge in [0.1, 0.15) is 11.8 Å². The van der Waals surface area contributed by atoms with Gasteiger partial charge in [-0.15, -0.1) is 0 Å². The molecule has 0 saturated carbocycles. The molecular formula is C27H31ClN4O4. The number of halogens is 1. The van der Waals surface area contributed by atoms with Crippen LogP contribution >= 0.6 is 11.6 Å². The van der Waals surface area contributed by atoms with E-state index in [1.165, 1.54) is 4.90 Å². The molecule has 3 rings (SSSR count). The second-order valence-electron chi connectivity index (χ2n) is 9.54. The summed E-state index contributed by atoms with van der Waals surface area (Å²) in [6.07, 6.45) is -0.203. The number of aryl methyl sites for hydroxylation is 1. The Morgan fingerprint density at radius 1 is 1.03 bits per heavy atom. The lowest BCUT2D eigenvalue weighted by Gasteiger charge is -2.34. The summed E-state index contributed by atoms with van der Waals surface area (Å²) in [7, 11) is 0. The second-order valence-corrected chi connectivity index (χ2v) is 9.95. The van der Waals surface area contributed by atoms with Gasteiger partial charge in [0.05, 0.1) is 0 Å². The van der Waals surface area contributed by atoms with Crippen molar-refractivity contribution in [2.75, 3.05) is 5.32 Å². The highest BCUT2D eigenvalue weighted by Gasteiger charge is 2.34. The summed E-state index contributed by atoms with van der Waals surface area (Å²) in [5.74, 6) is -0.265. The van der Waals surface area contributed by atoms with E-state index >= 15 is 0 Å². The molecule has 2 aromatic carbocycles. The minimum atomic E-state index is -0.994. The standard InChI is InChI=1S/C27H31ClN4O4/c1-18-16-22(31-36-18)29-23(33)14-15-24(34)32(17-19-10-6-5-7-11-19)25(26(35)30-27(2,3)4)20-12-8-9-13-21(20)28/h5-13,16,25H,14-15,17H2,1-4H3,(H,30,35)(H,29,31,33)/t25-/m0/s1. The smallest absolute Gasteiger partial charge is 0.247 e. The van der Waals surface area contributed by atoms with E-state index in [0.29, 0.717) is 16.3 Å². The fourth-order valence-corrected chi connectivity index (χ4v) is 3.92. The molecule has 0 aliphatic rings. The van der Waals surface area contributed by atoms with Crippen molar-refractivity contribution in [3.8, 4) is 0 Å². The largest absolute Gasteiger partial charge is 0.360 e. The van der Waals surface area contributed by atoms with E-state index < -0.39 is 11.6 Å². The van der Waals surface area contributed by atoms with Gasteiger partial charge in [-0.1, -0.05) is 65.3 Å². The van der Waals surface area contributed by atoms with Crippen LogP contribution in [-0.2, 0) is 20.9 Å². The number of hydrogen-bond donors (Lipinski definition) is 2. The van der Waals surface area contributed by atoms with E-state index in [1.54, 1.807) is 37.3 Å². The molecule has 0 aliphatic heterocycles. The van der Waals surface area contributed by atoms with Gasteiger partial charge < -0.3 is 20.1 Å². The predicted octanol–water partition coefficient (Wildman–Crippen LogP) is 5.04. The van der Waals surface area contributed by atoms with Crippen LogP contribution in [0.5, 0.6) is 0 Å². The first-order valence-corrected chi connectivity index (χ1v) is 12.0. The first-order valence-electron chi connectivity index (χ1n) is 11.7. The Hall–Kier alpha value is -3.65.